The van der Waals surface area contributed by atoms with Gasteiger partial charge in [0.05, 0.1) is 26.4 Å². The van der Waals surface area contributed by atoms with Gasteiger partial charge in [-0.3, -0.25) is 37.3 Å². The molecule has 0 aliphatic heterocycles. The van der Waals surface area contributed by atoms with Gasteiger partial charge in [-0.25, -0.2) is 9.13 Å². The average Bonchev–Trinajstić information content (AvgIpc) is 3.39. The Kier molecular flexibility index (Phi) is 50.2. The number of hydrogen-bond donors (Lipinski definition) is 3. The first-order valence-corrected chi connectivity index (χ1v) is 34.7. The minimum absolute atomic E-state index is 0.100. The van der Waals surface area contributed by atoms with E-state index in [1.165, 1.54) is 83.5 Å². The zero-order valence-electron chi connectivity index (χ0n) is 51.7. The predicted octanol–water partition coefficient (Wildman–Crippen LogP) is 16.2. The molecular formula is C61H118O17P2. The minimum atomic E-state index is -4.94. The van der Waals surface area contributed by atoms with Crippen molar-refractivity contribution >= 4 is 39.5 Å². The van der Waals surface area contributed by atoms with Crippen molar-refractivity contribution in [2.45, 2.75) is 305 Å². The van der Waals surface area contributed by atoms with Gasteiger partial charge in [0, 0.05) is 25.7 Å². The Morgan fingerprint density at radius 2 is 0.525 bits per heavy atom. The third-order valence-corrected chi connectivity index (χ3v) is 15.7. The van der Waals surface area contributed by atoms with Crippen LogP contribution < -0.4 is 0 Å². The molecule has 0 heterocycles. The van der Waals surface area contributed by atoms with Crippen LogP contribution in [0.2, 0.25) is 0 Å². The lowest BCUT2D eigenvalue weighted by Gasteiger charge is -2.21. The predicted molar refractivity (Wildman–Crippen MR) is 317 cm³/mol. The van der Waals surface area contributed by atoms with Gasteiger partial charge in [-0.2, -0.15) is 0 Å². The third-order valence-electron chi connectivity index (χ3n) is 13.8. The summed E-state index contributed by atoms with van der Waals surface area (Å²) in [6.45, 7) is 13.8. The van der Waals surface area contributed by atoms with Crippen LogP contribution in [0.4, 0.5) is 0 Å². The zero-order chi connectivity index (χ0) is 59.7. The van der Waals surface area contributed by atoms with Crippen molar-refractivity contribution in [1.29, 1.82) is 0 Å². The maximum atomic E-state index is 12.9. The molecule has 474 valence electrons. The first-order chi connectivity index (χ1) is 38.1. The van der Waals surface area contributed by atoms with Crippen LogP contribution >= 0.6 is 15.6 Å². The Morgan fingerprint density at radius 1 is 0.312 bits per heavy atom. The number of phosphoric acid groups is 2. The molecule has 0 aromatic carbocycles. The maximum Gasteiger partial charge on any atom is 0.472 e. The number of hydrogen-bond acceptors (Lipinski definition) is 15. The van der Waals surface area contributed by atoms with Crippen LogP contribution in [0.15, 0.2) is 0 Å². The van der Waals surface area contributed by atoms with E-state index in [9.17, 15) is 43.2 Å². The lowest BCUT2D eigenvalue weighted by atomic mass is 10.0. The quantitative estimate of drug-likeness (QED) is 0.0222. The van der Waals surface area contributed by atoms with E-state index in [4.69, 9.17) is 37.0 Å². The highest BCUT2D eigenvalue weighted by Gasteiger charge is 2.30. The fourth-order valence-electron chi connectivity index (χ4n) is 8.90. The van der Waals surface area contributed by atoms with Crippen LogP contribution in [0.3, 0.4) is 0 Å². The van der Waals surface area contributed by atoms with Gasteiger partial charge in [0.15, 0.2) is 12.2 Å². The molecule has 5 atom stereocenters. The summed E-state index contributed by atoms with van der Waals surface area (Å²) >= 11 is 0. The number of aliphatic hydroxyl groups is 1. The molecular weight excluding hydrogens is 1070 g/mol. The van der Waals surface area contributed by atoms with Crippen LogP contribution in [-0.2, 0) is 65.4 Å². The molecule has 17 nitrogen and oxygen atoms in total. The number of phosphoric ester groups is 2. The van der Waals surface area contributed by atoms with Gasteiger partial charge < -0.3 is 33.8 Å². The van der Waals surface area contributed by atoms with E-state index < -0.39 is 97.5 Å². The standard InChI is InChI=1S/C61H118O17P2/c1-51(2)37-29-21-13-11-9-10-12-14-25-33-41-58(63)71-47-56(77-60(65)43-35-27-19-16-23-31-39-53(5)6)49-75-79(67,68)73-45-55(62)46-74-80(69,70)76-50-57(78-61(66)44-36-28-20-17-24-32-40-54(7)8)48-72-59(64)42-34-26-18-15-22-30-38-52(3)4/h51-57,62H,9-50H2,1-8H3,(H,67,68)(H,69,70)/t55-,56-,57-/m1/s1. The number of carbonyl (C=O) groups is 4. The fourth-order valence-corrected chi connectivity index (χ4v) is 10.5. The Labute approximate surface area is 486 Å². The molecule has 0 fully saturated rings. The molecule has 0 aliphatic rings. The van der Waals surface area contributed by atoms with E-state index in [1.807, 2.05) is 0 Å². The van der Waals surface area contributed by atoms with Gasteiger partial charge in [-0.15, -0.1) is 0 Å². The molecule has 0 spiro atoms. The van der Waals surface area contributed by atoms with Gasteiger partial charge in [0.25, 0.3) is 0 Å². The van der Waals surface area contributed by atoms with E-state index in [0.29, 0.717) is 43.4 Å². The van der Waals surface area contributed by atoms with Gasteiger partial charge in [0.2, 0.25) is 0 Å². The summed E-state index contributed by atoms with van der Waals surface area (Å²) in [5, 5.41) is 10.5. The Bertz CT molecular complexity index is 1610. The summed E-state index contributed by atoms with van der Waals surface area (Å²) < 4.78 is 67.8. The topological polar surface area (TPSA) is 237 Å². The molecule has 0 aromatic heterocycles. The summed E-state index contributed by atoms with van der Waals surface area (Å²) in [6.07, 6.45) is 29.9. The van der Waals surface area contributed by atoms with Crippen molar-refractivity contribution in [2.75, 3.05) is 39.6 Å². The Morgan fingerprint density at radius 3 is 0.775 bits per heavy atom. The van der Waals surface area contributed by atoms with Crippen LogP contribution in [0.1, 0.15) is 287 Å². The number of rotatable bonds is 58. The van der Waals surface area contributed by atoms with Crippen molar-refractivity contribution in [1.82, 2.24) is 0 Å². The minimum Gasteiger partial charge on any atom is -0.462 e. The second-order valence-electron chi connectivity index (χ2n) is 24.0. The summed E-state index contributed by atoms with van der Waals surface area (Å²) in [5.41, 5.74) is 0. The van der Waals surface area contributed by atoms with Crippen molar-refractivity contribution in [2.24, 2.45) is 23.7 Å². The summed E-state index contributed by atoms with van der Waals surface area (Å²) in [4.78, 5) is 72.0. The maximum absolute atomic E-state index is 12.9. The van der Waals surface area contributed by atoms with Gasteiger partial charge >= 0.3 is 39.5 Å². The normalized spacial score (nSPS) is 14.5. The lowest BCUT2D eigenvalue weighted by Crippen LogP contribution is -2.30. The summed E-state index contributed by atoms with van der Waals surface area (Å²) in [7, 11) is -9.88. The molecule has 2 unspecified atom stereocenters. The second kappa shape index (κ2) is 51.5. The number of esters is 4. The highest BCUT2D eigenvalue weighted by atomic mass is 31.2. The summed E-state index contributed by atoms with van der Waals surface area (Å²) in [6, 6.07) is 0. The molecule has 0 radical (unpaired) electrons. The molecule has 0 rings (SSSR count). The largest absolute Gasteiger partial charge is 0.472 e. The molecule has 0 amide bonds. The molecule has 0 aromatic rings. The highest BCUT2D eigenvalue weighted by Crippen LogP contribution is 2.45. The monoisotopic (exact) mass is 1180 g/mol. The lowest BCUT2D eigenvalue weighted by molar-refractivity contribution is -0.161. The van der Waals surface area contributed by atoms with Gasteiger partial charge in [-0.05, 0) is 49.4 Å². The van der Waals surface area contributed by atoms with Crippen molar-refractivity contribution < 1.29 is 80.2 Å². The Balaban J connectivity index is 5.22. The number of ether oxygens (including phenoxy) is 4. The van der Waals surface area contributed by atoms with Crippen LogP contribution in [0.25, 0.3) is 0 Å². The Hall–Kier alpha value is -1.94. The van der Waals surface area contributed by atoms with Crippen molar-refractivity contribution in [3.63, 3.8) is 0 Å². The third kappa shape index (κ3) is 55.3. The molecule has 19 heteroatoms. The smallest absolute Gasteiger partial charge is 0.462 e. The van der Waals surface area contributed by atoms with E-state index in [2.05, 4.69) is 55.4 Å². The number of carbonyl (C=O) groups excluding carboxylic acids is 4. The van der Waals surface area contributed by atoms with Crippen molar-refractivity contribution in [3.8, 4) is 0 Å². The first-order valence-electron chi connectivity index (χ1n) is 31.7. The fraction of sp³-hybridized carbons (Fsp3) is 0.934. The molecule has 80 heavy (non-hydrogen) atoms. The molecule has 0 aliphatic carbocycles. The highest BCUT2D eigenvalue weighted by molar-refractivity contribution is 7.47. The van der Waals surface area contributed by atoms with Gasteiger partial charge in [0.1, 0.15) is 19.3 Å². The van der Waals surface area contributed by atoms with E-state index >= 15 is 0 Å². The number of unbranched alkanes of at least 4 members (excludes halogenated alkanes) is 24. The summed E-state index contributed by atoms with van der Waals surface area (Å²) in [5.74, 6) is 0.625. The van der Waals surface area contributed by atoms with Crippen LogP contribution in [-0.4, -0.2) is 96.7 Å². The molecule has 3 N–H and O–H groups in total. The SMILES string of the molecule is CC(C)CCCCCCCCCCCCC(=O)OC[C@H](COP(=O)(O)OC[C@@H](O)COP(=O)(O)OC[C@@H](COC(=O)CCCCCCCCC(C)C)OC(=O)CCCCCCCCC(C)C)OC(=O)CCCCCCCCC(C)C. The zero-order valence-corrected chi connectivity index (χ0v) is 53.5. The van der Waals surface area contributed by atoms with Gasteiger partial charge in [-0.1, -0.05) is 235 Å². The average molecular weight is 1190 g/mol. The molecule has 0 saturated heterocycles. The first kappa shape index (κ1) is 78.1. The van der Waals surface area contributed by atoms with E-state index in [0.717, 1.165) is 102 Å². The second-order valence-corrected chi connectivity index (χ2v) is 26.9. The molecule has 0 saturated carbocycles. The van der Waals surface area contributed by atoms with E-state index in [-0.39, 0.29) is 25.7 Å². The molecule has 0 bridgehead atoms. The van der Waals surface area contributed by atoms with Crippen molar-refractivity contribution in [3.05, 3.63) is 0 Å². The van der Waals surface area contributed by atoms with E-state index in [1.54, 1.807) is 0 Å². The van der Waals surface area contributed by atoms with Crippen LogP contribution in [0, 0.1) is 23.7 Å². The number of aliphatic hydroxyl groups excluding tert-OH is 1. The van der Waals surface area contributed by atoms with Crippen LogP contribution in [0.5, 0.6) is 0 Å².